The van der Waals surface area contributed by atoms with Gasteiger partial charge < -0.3 is 5.32 Å². The monoisotopic (exact) mass is 175 g/mol. The molecule has 0 spiro atoms. The quantitative estimate of drug-likeness (QED) is 0.634. The van der Waals surface area contributed by atoms with E-state index in [0.717, 1.165) is 5.88 Å². The molecule has 0 aromatic heterocycles. The predicted molar refractivity (Wildman–Crippen MR) is 50.2 cm³/mol. The maximum Gasteiger partial charge on any atom is 0.0406 e. The molecule has 1 N–H and O–H groups in total. The highest BCUT2D eigenvalue weighted by molar-refractivity contribution is 6.18. The van der Waals surface area contributed by atoms with Gasteiger partial charge in [-0.15, -0.1) is 11.6 Å². The SMILES string of the molecule is CCCC(C)NC1(CCl)CC1. The summed E-state index contributed by atoms with van der Waals surface area (Å²) in [6.07, 6.45) is 5.06. The van der Waals surface area contributed by atoms with Crippen molar-refractivity contribution in [2.45, 2.75) is 51.1 Å². The van der Waals surface area contributed by atoms with Gasteiger partial charge in [0.1, 0.15) is 0 Å². The second-order valence-corrected chi connectivity index (χ2v) is 4.02. The molecule has 1 aliphatic rings. The molecule has 0 radical (unpaired) electrons. The van der Waals surface area contributed by atoms with Crippen LogP contribution < -0.4 is 5.32 Å². The molecule has 1 fully saturated rings. The molecule has 0 aliphatic heterocycles. The number of hydrogen-bond donors (Lipinski definition) is 1. The Morgan fingerprint density at radius 1 is 1.55 bits per heavy atom. The fourth-order valence-corrected chi connectivity index (χ4v) is 1.84. The van der Waals surface area contributed by atoms with Crippen LogP contribution in [-0.4, -0.2) is 17.5 Å². The molecule has 1 rings (SSSR count). The van der Waals surface area contributed by atoms with E-state index >= 15 is 0 Å². The smallest absolute Gasteiger partial charge is 0.0406 e. The zero-order chi connectivity index (χ0) is 8.32. The third kappa shape index (κ3) is 2.64. The summed E-state index contributed by atoms with van der Waals surface area (Å²) in [4.78, 5) is 0. The predicted octanol–water partition coefficient (Wildman–Crippen LogP) is 2.54. The largest absolute Gasteiger partial charge is 0.308 e. The Bertz CT molecular complexity index is 121. The van der Waals surface area contributed by atoms with Gasteiger partial charge in [-0.2, -0.15) is 0 Å². The number of nitrogens with one attached hydrogen (secondary N) is 1. The molecular formula is C9H18ClN. The molecule has 0 aromatic rings. The zero-order valence-electron chi connectivity index (χ0n) is 7.49. The van der Waals surface area contributed by atoms with Gasteiger partial charge in [0.2, 0.25) is 0 Å². The molecule has 0 saturated heterocycles. The molecule has 1 atom stereocenters. The fourth-order valence-electron chi connectivity index (χ4n) is 1.50. The number of rotatable bonds is 5. The van der Waals surface area contributed by atoms with Crippen LogP contribution in [0.5, 0.6) is 0 Å². The van der Waals surface area contributed by atoms with E-state index in [4.69, 9.17) is 11.6 Å². The first-order valence-corrected chi connectivity index (χ1v) is 5.09. The fraction of sp³-hybridized carbons (Fsp3) is 1.00. The van der Waals surface area contributed by atoms with Crippen LogP contribution in [0.4, 0.5) is 0 Å². The van der Waals surface area contributed by atoms with Gasteiger partial charge in [-0.25, -0.2) is 0 Å². The summed E-state index contributed by atoms with van der Waals surface area (Å²) in [5.74, 6) is 0.779. The maximum atomic E-state index is 5.84. The normalized spacial score (nSPS) is 23.2. The molecule has 0 aromatic carbocycles. The van der Waals surface area contributed by atoms with Gasteiger partial charge in [0.25, 0.3) is 0 Å². The summed E-state index contributed by atoms with van der Waals surface area (Å²) >= 11 is 5.84. The summed E-state index contributed by atoms with van der Waals surface area (Å²) in [6.45, 7) is 4.47. The van der Waals surface area contributed by atoms with Crippen molar-refractivity contribution in [3.8, 4) is 0 Å². The Morgan fingerprint density at radius 3 is 2.55 bits per heavy atom. The van der Waals surface area contributed by atoms with Gasteiger partial charge in [0.05, 0.1) is 0 Å². The molecular weight excluding hydrogens is 158 g/mol. The van der Waals surface area contributed by atoms with Crippen LogP contribution in [-0.2, 0) is 0 Å². The first-order chi connectivity index (χ1) is 5.22. The molecule has 1 nitrogen and oxygen atoms in total. The third-order valence-electron chi connectivity index (χ3n) is 2.38. The van der Waals surface area contributed by atoms with Crippen LogP contribution in [0.25, 0.3) is 0 Å². The Kier molecular flexibility index (Phi) is 3.20. The molecule has 0 amide bonds. The summed E-state index contributed by atoms with van der Waals surface area (Å²) in [6, 6.07) is 0.640. The summed E-state index contributed by atoms with van der Waals surface area (Å²) in [5.41, 5.74) is 0.330. The zero-order valence-corrected chi connectivity index (χ0v) is 8.25. The molecule has 0 bridgehead atoms. The van der Waals surface area contributed by atoms with E-state index in [-0.39, 0.29) is 0 Å². The number of halogens is 1. The van der Waals surface area contributed by atoms with Gasteiger partial charge in [0.15, 0.2) is 0 Å². The van der Waals surface area contributed by atoms with E-state index < -0.39 is 0 Å². The van der Waals surface area contributed by atoms with E-state index in [1.807, 2.05) is 0 Å². The van der Waals surface area contributed by atoms with Gasteiger partial charge in [0, 0.05) is 17.5 Å². The van der Waals surface area contributed by atoms with Crippen LogP contribution in [0.1, 0.15) is 39.5 Å². The summed E-state index contributed by atoms with van der Waals surface area (Å²) in [5, 5.41) is 3.59. The molecule has 11 heavy (non-hydrogen) atoms. The highest BCUT2D eigenvalue weighted by atomic mass is 35.5. The Morgan fingerprint density at radius 2 is 2.18 bits per heavy atom. The average molecular weight is 176 g/mol. The lowest BCUT2D eigenvalue weighted by Crippen LogP contribution is -2.39. The number of hydrogen-bond acceptors (Lipinski definition) is 1. The molecule has 1 unspecified atom stereocenters. The summed E-state index contributed by atoms with van der Waals surface area (Å²) in [7, 11) is 0. The second-order valence-electron chi connectivity index (χ2n) is 3.75. The average Bonchev–Trinajstić information content (AvgIpc) is 2.70. The van der Waals surface area contributed by atoms with Gasteiger partial charge >= 0.3 is 0 Å². The minimum Gasteiger partial charge on any atom is -0.308 e. The molecule has 0 heterocycles. The van der Waals surface area contributed by atoms with Crippen molar-refractivity contribution in [3.05, 3.63) is 0 Å². The first-order valence-electron chi connectivity index (χ1n) is 4.56. The lowest BCUT2D eigenvalue weighted by atomic mass is 10.1. The van der Waals surface area contributed by atoms with Crippen molar-refractivity contribution < 1.29 is 0 Å². The molecule has 66 valence electrons. The topological polar surface area (TPSA) is 12.0 Å². The Hall–Kier alpha value is 0.250. The van der Waals surface area contributed by atoms with Crippen LogP contribution >= 0.6 is 11.6 Å². The van der Waals surface area contributed by atoms with E-state index in [1.54, 1.807) is 0 Å². The van der Waals surface area contributed by atoms with Crippen molar-refractivity contribution in [2.24, 2.45) is 0 Å². The van der Waals surface area contributed by atoms with E-state index in [2.05, 4.69) is 19.2 Å². The summed E-state index contributed by atoms with van der Waals surface area (Å²) < 4.78 is 0. The molecule has 1 aliphatic carbocycles. The Labute approximate surface area is 74.5 Å². The van der Waals surface area contributed by atoms with Crippen molar-refractivity contribution in [1.82, 2.24) is 5.32 Å². The van der Waals surface area contributed by atoms with Crippen LogP contribution in [0.2, 0.25) is 0 Å². The van der Waals surface area contributed by atoms with Crippen molar-refractivity contribution in [1.29, 1.82) is 0 Å². The second kappa shape index (κ2) is 3.77. The van der Waals surface area contributed by atoms with E-state index in [9.17, 15) is 0 Å². The van der Waals surface area contributed by atoms with Gasteiger partial charge in [-0.3, -0.25) is 0 Å². The van der Waals surface area contributed by atoms with Crippen molar-refractivity contribution in [2.75, 3.05) is 5.88 Å². The lowest BCUT2D eigenvalue weighted by Gasteiger charge is -2.19. The van der Waals surface area contributed by atoms with E-state index in [1.165, 1.54) is 25.7 Å². The van der Waals surface area contributed by atoms with Gasteiger partial charge in [-0.05, 0) is 26.2 Å². The van der Waals surface area contributed by atoms with Crippen LogP contribution in [0.15, 0.2) is 0 Å². The highest BCUT2D eigenvalue weighted by Gasteiger charge is 2.42. The minimum absolute atomic E-state index is 0.330. The third-order valence-corrected chi connectivity index (χ3v) is 2.90. The van der Waals surface area contributed by atoms with E-state index in [0.29, 0.717) is 11.6 Å². The van der Waals surface area contributed by atoms with Crippen LogP contribution in [0, 0.1) is 0 Å². The highest BCUT2D eigenvalue weighted by Crippen LogP contribution is 2.37. The Balaban J connectivity index is 2.18. The van der Waals surface area contributed by atoms with Crippen LogP contribution in [0.3, 0.4) is 0 Å². The maximum absolute atomic E-state index is 5.84. The minimum atomic E-state index is 0.330. The first kappa shape index (κ1) is 9.34. The van der Waals surface area contributed by atoms with Crippen molar-refractivity contribution in [3.63, 3.8) is 0 Å². The lowest BCUT2D eigenvalue weighted by molar-refractivity contribution is 0.434. The standard InChI is InChI=1S/C9H18ClN/c1-3-4-8(2)11-9(7-10)5-6-9/h8,11H,3-7H2,1-2H3. The number of alkyl halides is 1. The molecule has 1 saturated carbocycles. The van der Waals surface area contributed by atoms with Gasteiger partial charge in [-0.1, -0.05) is 13.3 Å². The molecule has 2 heteroatoms. The van der Waals surface area contributed by atoms with Crippen molar-refractivity contribution >= 4 is 11.6 Å².